The third-order valence-electron chi connectivity index (χ3n) is 4.01. The monoisotopic (exact) mass is 409 g/mol. The molecule has 148 valence electrons. The zero-order valence-corrected chi connectivity index (χ0v) is 17.7. The summed E-state index contributed by atoms with van der Waals surface area (Å²) in [5.41, 5.74) is 1.07. The van der Waals surface area contributed by atoms with E-state index in [1.165, 1.54) is 18.4 Å². The van der Waals surface area contributed by atoms with Gasteiger partial charge in [-0.2, -0.15) is 0 Å². The van der Waals surface area contributed by atoms with Crippen LogP contribution in [-0.4, -0.2) is 32.8 Å². The Kier molecular flexibility index (Phi) is 7.41. The van der Waals surface area contributed by atoms with Gasteiger partial charge in [0.1, 0.15) is 4.21 Å². The molecular formula is C19H27N3O3S2. The van der Waals surface area contributed by atoms with E-state index >= 15 is 0 Å². The third-order valence-corrected chi connectivity index (χ3v) is 7.38. The molecule has 1 aromatic heterocycles. The van der Waals surface area contributed by atoms with Gasteiger partial charge in [0.2, 0.25) is 0 Å². The van der Waals surface area contributed by atoms with Crippen molar-refractivity contribution in [1.29, 1.82) is 0 Å². The number of urea groups is 1. The van der Waals surface area contributed by atoms with Gasteiger partial charge in [-0.05, 0) is 30.0 Å². The molecule has 0 fully saturated rings. The van der Waals surface area contributed by atoms with E-state index < -0.39 is 10.0 Å². The zero-order valence-electron chi connectivity index (χ0n) is 16.1. The number of thiophene rings is 1. The molecule has 2 amide bonds. The van der Waals surface area contributed by atoms with Crippen molar-refractivity contribution < 1.29 is 13.2 Å². The summed E-state index contributed by atoms with van der Waals surface area (Å²) < 4.78 is 25.7. The number of benzene rings is 1. The quantitative estimate of drug-likeness (QED) is 0.699. The molecule has 0 bridgehead atoms. The maximum atomic E-state index is 12.3. The average Bonchev–Trinajstić information content (AvgIpc) is 3.09. The maximum absolute atomic E-state index is 12.3. The SMILES string of the molecule is CC(C)CC(NC(=O)NCc1ccc(S(=O)(=O)N(C)C)s1)c1ccccc1. The average molecular weight is 410 g/mol. The number of nitrogens with one attached hydrogen (secondary N) is 2. The topological polar surface area (TPSA) is 78.5 Å². The first-order valence-corrected chi connectivity index (χ1v) is 11.1. The predicted molar refractivity (Wildman–Crippen MR) is 109 cm³/mol. The van der Waals surface area contributed by atoms with Crippen molar-refractivity contribution in [1.82, 2.24) is 14.9 Å². The van der Waals surface area contributed by atoms with E-state index in [1.54, 1.807) is 12.1 Å². The first-order chi connectivity index (χ1) is 12.7. The van der Waals surface area contributed by atoms with Gasteiger partial charge in [0, 0.05) is 19.0 Å². The molecule has 27 heavy (non-hydrogen) atoms. The Hall–Kier alpha value is -1.90. The van der Waals surface area contributed by atoms with Crippen LogP contribution in [0.3, 0.4) is 0 Å². The van der Waals surface area contributed by atoms with Crippen LogP contribution in [0.15, 0.2) is 46.7 Å². The fourth-order valence-electron chi connectivity index (χ4n) is 2.58. The van der Waals surface area contributed by atoms with Gasteiger partial charge in [0.15, 0.2) is 0 Å². The number of hydrogen-bond acceptors (Lipinski definition) is 4. The predicted octanol–water partition coefficient (Wildman–Crippen LogP) is 3.59. The van der Waals surface area contributed by atoms with Gasteiger partial charge in [0.25, 0.3) is 10.0 Å². The van der Waals surface area contributed by atoms with Crippen LogP contribution in [0.1, 0.15) is 36.8 Å². The molecule has 2 aromatic rings. The largest absolute Gasteiger partial charge is 0.333 e. The molecule has 1 unspecified atom stereocenters. The van der Waals surface area contributed by atoms with Gasteiger partial charge in [-0.1, -0.05) is 44.2 Å². The van der Waals surface area contributed by atoms with Crippen LogP contribution >= 0.6 is 11.3 Å². The molecule has 0 aliphatic heterocycles. The Morgan fingerprint density at radius 2 is 1.78 bits per heavy atom. The summed E-state index contributed by atoms with van der Waals surface area (Å²) in [6, 6.07) is 12.8. The minimum atomic E-state index is -3.44. The fourth-order valence-corrected chi connectivity index (χ4v) is 5.05. The first kappa shape index (κ1) is 21.4. The van der Waals surface area contributed by atoms with Crippen molar-refractivity contribution in [2.75, 3.05) is 14.1 Å². The van der Waals surface area contributed by atoms with Crippen molar-refractivity contribution in [3.8, 4) is 0 Å². The van der Waals surface area contributed by atoms with Crippen LogP contribution in [0, 0.1) is 5.92 Å². The van der Waals surface area contributed by atoms with Crippen LogP contribution in [0.4, 0.5) is 4.79 Å². The van der Waals surface area contributed by atoms with Crippen LogP contribution in [0.25, 0.3) is 0 Å². The van der Waals surface area contributed by atoms with E-state index in [9.17, 15) is 13.2 Å². The highest BCUT2D eigenvalue weighted by Crippen LogP contribution is 2.24. The Morgan fingerprint density at radius 3 is 2.37 bits per heavy atom. The van der Waals surface area contributed by atoms with Crippen molar-refractivity contribution >= 4 is 27.4 Å². The highest BCUT2D eigenvalue weighted by molar-refractivity contribution is 7.91. The third kappa shape index (κ3) is 6.05. The van der Waals surface area contributed by atoms with Crippen molar-refractivity contribution in [3.05, 3.63) is 52.9 Å². The van der Waals surface area contributed by atoms with Crippen LogP contribution in [0.5, 0.6) is 0 Å². The van der Waals surface area contributed by atoms with E-state index in [0.29, 0.717) is 5.92 Å². The smallest absolute Gasteiger partial charge is 0.315 e. The summed E-state index contributed by atoms with van der Waals surface area (Å²) in [6.07, 6.45) is 0.835. The van der Waals surface area contributed by atoms with Gasteiger partial charge in [-0.3, -0.25) is 0 Å². The summed E-state index contributed by atoms with van der Waals surface area (Å²) >= 11 is 1.16. The number of carbonyl (C=O) groups excluding carboxylic acids is 1. The van der Waals surface area contributed by atoms with Crippen LogP contribution < -0.4 is 10.6 Å². The van der Waals surface area contributed by atoms with E-state index in [-0.39, 0.29) is 22.8 Å². The fraction of sp³-hybridized carbons (Fsp3) is 0.421. The van der Waals surface area contributed by atoms with E-state index in [2.05, 4.69) is 24.5 Å². The summed E-state index contributed by atoms with van der Waals surface area (Å²) in [7, 11) is -0.442. The molecule has 0 spiro atoms. The molecule has 1 heterocycles. The lowest BCUT2D eigenvalue weighted by Gasteiger charge is -2.21. The number of nitrogens with zero attached hydrogens (tertiary/aromatic N) is 1. The first-order valence-electron chi connectivity index (χ1n) is 8.80. The summed E-state index contributed by atoms with van der Waals surface area (Å²) in [5.74, 6) is 0.437. The maximum Gasteiger partial charge on any atom is 0.315 e. The molecule has 0 saturated carbocycles. The summed E-state index contributed by atoms with van der Waals surface area (Å²) in [5, 5.41) is 5.84. The Labute approximate surface area is 165 Å². The number of amides is 2. The standard InChI is InChI=1S/C19H27N3O3S2/c1-14(2)12-17(15-8-6-5-7-9-15)21-19(23)20-13-16-10-11-18(26-16)27(24,25)22(3)4/h5-11,14,17H,12-13H2,1-4H3,(H2,20,21,23). The highest BCUT2D eigenvalue weighted by Gasteiger charge is 2.20. The number of carbonyl (C=O) groups is 1. The van der Waals surface area contributed by atoms with Gasteiger partial charge in [-0.25, -0.2) is 17.5 Å². The van der Waals surface area contributed by atoms with E-state index in [4.69, 9.17) is 0 Å². The molecule has 0 saturated heterocycles. The van der Waals surface area contributed by atoms with Gasteiger partial charge < -0.3 is 10.6 Å². The number of sulfonamides is 1. The molecule has 2 rings (SSSR count). The Morgan fingerprint density at radius 1 is 1.11 bits per heavy atom. The Balaban J connectivity index is 1.98. The summed E-state index contributed by atoms with van der Waals surface area (Å²) in [6.45, 7) is 4.52. The second-order valence-electron chi connectivity index (χ2n) is 6.93. The zero-order chi connectivity index (χ0) is 20.0. The van der Waals surface area contributed by atoms with Crippen LogP contribution in [-0.2, 0) is 16.6 Å². The summed E-state index contributed by atoms with van der Waals surface area (Å²) in [4.78, 5) is 13.1. The van der Waals surface area contributed by atoms with Crippen molar-refractivity contribution in [2.24, 2.45) is 5.92 Å². The van der Waals surface area contributed by atoms with E-state index in [0.717, 1.165) is 28.2 Å². The lowest BCUT2D eigenvalue weighted by atomic mass is 9.97. The molecule has 0 radical (unpaired) electrons. The molecule has 8 heteroatoms. The normalized spacial score (nSPS) is 13.0. The van der Waals surface area contributed by atoms with Gasteiger partial charge in [-0.15, -0.1) is 11.3 Å². The van der Waals surface area contributed by atoms with Crippen LogP contribution in [0.2, 0.25) is 0 Å². The van der Waals surface area contributed by atoms with E-state index in [1.807, 2.05) is 30.3 Å². The minimum Gasteiger partial charge on any atom is -0.333 e. The Bertz CT molecular complexity index is 846. The molecule has 0 aliphatic rings. The molecule has 6 nitrogen and oxygen atoms in total. The lowest BCUT2D eigenvalue weighted by molar-refractivity contribution is 0.234. The molecular weight excluding hydrogens is 382 g/mol. The number of hydrogen-bond donors (Lipinski definition) is 2. The van der Waals surface area contributed by atoms with Gasteiger partial charge in [0.05, 0.1) is 12.6 Å². The molecule has 1 atom stereocenters. The second-order valence-corrected chi connectivity index (χ2v) is 10.5. The van der Waals surface area contributed by atoms with Gasteiger partial charge >= 0.3 is 6.03 Å². The van der Waals surface area contributed by atoms with Crippen molar-refractivity contribution in [3.63, 3.8) is 0 Å². The minimum absolute atomic E-state index is 0.0702. The molecule has 2 N–H and O–H groups in total. The number of rotatable bonds is 8. The highest BCUT2D eigenvalue weighted by atomic mass is 32.2. The lowest BCUT2D eigenvalue weighted by Crippen LogP contribution is -2.38. The molecule has 1 aromatic carbocycles. The van der Waals surface area contributed by atoms with Crippen molar-refractivity contribution in [2.45, 2.75) is 37.1 Å². The molecule has 0 aliphatic carbocycles. The second kappa shape index (κ2) is 9.34.